The maximum Gasteiger partial charge on any atom is 0.303 e. The van der Waals surface area contributed by atoms with Gasteiger partial charge in [-0.2, -0.15) is 0 Å². The van der Waals surface area contributed by atoms with Crippen LogP contribution in [0.25, 0.3) is 0 Å². The third-order valence-electron chi connectivity index (χ3n) is 3.72. The summed E-state index contributed by atoms with van der Waals surface area (Å²) in [5.74, 6) is -0.838. The van der Waals surface area contributed by atoms with Crippen LogP contribution >= 0.6 is 23.2 Å². The average Bonchev–Trinajstić information content (AvgIpc) is 2.48. The molecule has 0 heterocycles. The summed E-state index contributed by atoms with van der Waals surface area (Å²) < 4.78 is 5.18. The van der Waals surface area contributed by atoms with E-state index in [-0.39, 0.29) is 11.9 Å². The Morgan fingerprint density at radius 2 is 1.86 bits per heavy atom. The van der Waals surface area contributed by atoms with E-state index < -0.39 is 12.1 Å². The van der Waals surface area contributed by atoms with Crippen LogP contribution < -0.4 is 5.32 Å². The van der Waals surface area contributed by atoms with E-state index >= 15 is 0 Å². The second-order valence-electron chi connectivity index (χ2n) is 5.51. The normalized spacial score (nSPS) is 16.9. The summed E-state index contributed by atoms with van der Waals surface area (Å²) in [6, 6.07) is 4.92. The Labute approximate surface area is 140 Å². The number of hydrogen-bond acceptors (Lipinski definition) is 3. The van der Waals surface area contributed by atoms with Crippen LogP contribution in [0, 0.1) is 0 Å². The predicted molar refractivity (Wildman–Crippen MR) is 86.0 cm³/mol. The van der Waals surface area contributed by atoms with Gasteiger partial charge in [0, 0.05) is 18.5 Å². The third kappa shape index (κ3) is 4.62. The molecule has 6 heteroatoms. The largest absolute Gasteiger partial charge is 0.447 e. The van der Waals surface area contributed by atoms with Crippen LogP contribution in [0.15, 0.2) is 18.2 Å². The van der Waals surface area contributed by atoms with E-state index in [9.17, 15) is 9.59 Å². The van der Waals surface area contributed by atoms with Gasteiger partial charge in [0.05, 0.1) is 10.0 Å². The standard InChI is InChI=1S/C16H19Cl2NO3/c1-10(20)22-15(11-7-8-13(17)14(18)9-11)16(21)19-12-5-3-2-4-6-12/h7-9,12,15H,2-6H2,1H3,(H,19,21)/t15-/m1/s1. The minimum Gasteiger partial charge on any atom is -0.447 e. The summed E-state index contributed by atoms with van der Waals surface area (Å²) in [5, 5.41) is 3.67. The van der Waals surface area contributed by atoms with E-state index in [0.717, 1.165) is 25.7 Å². The van der Waals surface area contributed by atoms with Gasteiger partial charge in [0.2, 0.25) is 6.10 Å². The molecule has 0 radical (unpaired) electrons. The Morgan fingerprint density at radius 1 is 1.18 bits per heavy atom. The molecule has 1 aromatic rings. The molecule has 1 amide bonds. The second kappa shape index (κ2) is 7.84. The summed E-state index contributed by atoms with van der Waals surface area (Å²) >= 11 is 11.9. The highest BCUT2D eigenvalue weighted by molar-refractivity contribution is 6.42. The van der Waals surface area contributed by atoms with Crippen LogP contribution in [0.5, 0.6) is 0 Å². The molecule has 0 aromatic heterocycles. The lowest BCUT2D eigenvalue weighted by Gasteiger charge is -2.25. The van der Waals surface area contributed by atoms with Crippen molar-refractivity contribution >= 4 is 35.1 Å². The van der Waals surface area contributed by atoms with Crippen molar-refractivity contribution in [3.63, 3.8) is 0 Å². The van der Waals surface area contributed by atoms with Gasteiger partial charge in [-0.25, -0.2) is 0 Å². The molecule has 120 valence electrons. The lowest BCUT2D eigenvalue weighted by Crippen LogP contribution is -2.40. The molecule has 0 aliphatic heterocycles. The zero-order chi connectivity index (χ0) is 16.1. The van der Waals surface area contributed by atoms with Crippen LogP contribution in [0.4, 0.5) is 0 Å². The van der Waals surface area contributed by atoms with Crippen molar-refractivity contribution in [2.75, 3.05) is 0 Å². The SMILES string of the molecule is CC(=O)O[C@@H](C(=O)NC1CCCCC1)c1ccc(Cl)c(Cl)c1. The number of hydrogen-bond donors (Lipinski definition) is 1. The number of carbonyl (C=O) groups is 2. The fourth-order valence-corrected chi connectivity index (χ4v) is 2.94. The Morgan fingerprint density at radius 3 is 2.45 bits per heavy atom. The molecule has 1 fully saturated rings. The minimum absolute atomic E-state index is 0.141. The summed E-state index contributed by atoms with van der Waals surface area (Å²) in [6.45, 7) is 1.28. The van der Waals surface area contributed by atoms with E-state index in [2.05, 4.69) is 5.32 Å². The molecule has 0 unspecified atom stereocenters. The smallest absolute Gasteiger partial charge is 0.303 e. The quantitative estimate of drug-likeness (QED) is 0.839. The van der Waals surface area contributed by atoms with Crippen LogP contribution in [-0.2, 0) is 14.3 Å². The van der Waals surface area contributed by atoms with E-state index in [1.54, 1.807) is 18.2 Å². The van der Waals surface area contributed by atoms with Gasteiger partial charge < -0.3 is 10.1 Å². The number of nitrogens with one attached hydrogen (secondary N) is 1. The fourth-order valence-electron chi connectivity index (χ4n) is 2.64. The molecular weight excluding hydrogens is 325 g/mol. The minimum atomic E-state index is -1.01. The molecule has 1 aliphatic carbocycles. The molecule has 1 aliphatic rings. The zero-order valence-corrected chi connectivity index (χ0v) is 13.9. The highest BCUT2D eigenvalue weighted by atomic mass is 35.5. The lowest BCUT2D eigenvalue weighted by molar-refractivity contribution is -0.154. The molecule has 0 spiro atoms. The Bertz CT molecular complexity index is 556. The van der Waals surface area contributed by atoms with Gasteiger partial charge in [0.25, 0.3) is 5.91 Å². The van der Waals surface area contributed by atoms with Gasteiger partial charge in [-0.3, -0.25) is 9.59 Å². The van der Waals surface area contributed by atoms with Crippen LogP contribution in [0.3, 0.4) is 0 Å². The Kier molecular flexibility index (Phi) is 6.09. The summed E-state index contributed by atoms with van der Waals surface area (Å²) in [5.41, 5.74) is 0.512. The molecular formula is C16H19Cl2NO3. The Balaban J connectivity index is 2.15. The molecule has 1 saturated carbocycles. The van der Waals surface area contributed by atoms with Crippen molar-refractivity contribution < 1.29 is 14.3 Å². The number of ether oxygens (including phenoxy) is 1. The fraction of sp³-hybridized carbons (Fsp3) is 0.500. The number of carbonyl (C=O) groups excluding carboxylic acids is 2. The van der Waals surface area contributed by atoms with Gasteiger partial charge >= 0.3 is 5.97 Å². The molecule has 4 nitrogen and oxygen atoms in total. The maximum absolute atomic E-state index is 12.5. The van der Waals surface area contributed by atoms with Crippen molar-refractivity contribution in [2.45, 2.75) is 51.2 Å². The molecule has 0 saturated heterocycles. The van der Waals surface area contributed by atoms with Gasteiger partial charge in [-0.15, -0.1) is 0 Å². The van der Waals surface area contributed by atoms with Crippen LogP contribution in [0.1, 0.15) is 50.7 Å². The van der Waals surface area contributed by atoms with E-state index in [4.69, 9.17) is 27.9 Å². The maximum atomic E-state index is 12.5. The number of benzene rings is 1. The predicted octanol–water partition coefficient (Wildman–Crippen LogP) is 4.05. The first-order chi connectivity index (χ1) is 10.5. The van der Waals surface area contributed by atoms with Gasteiger partial charge in [0.1, 0.15) is 0 Å². The number of esters is 1. The first-order valence-electron chi connectivity index (χ1n) is 7.40. The Hall–Kier alpha value is -1.26. The zero-order valence-electron chi connectivity index (χ0n) is 12.4. The molecule has 1 atom stereocenters. The third-order valence-corrected chi connectivity index (χ3v) is 4.46. The summed E-state index contributed by atoms with van der Waals surface area (Å²) in [7, 11) is 0. The topological polar surface area (TPSA) is 55.4 Å². The molecule has 1 aromatic carbocycles. The molecule has 0 bridgehead atoms. The van der Waals surface area contributed by atoms with E-state index in [0.29, 0.717) is 15.6 Å². The van der Waals surface area contributed by atoms with Crippen LogP contribution in [0.2, 0.25) is 10.0 Å². The van der Waals surface area contributed by atoms with Crippen molar-refractivity contribution in [1.29, 1.82) is 0 Å². The highest BCUT2D eigenvalue weighted by Gasteiger charge is 2.27. The summed E-state index contributed by atoms with van der Waals surface area (Å²) in [6.07, 6.45) is 4.33. The second-order valence-corrected chi connectivity index (χ2v) is 6.32. The average molecular weight is 344 g/mol. The van der Waals surface area contributed by atoms with Crippen LogP contribution in [-0.4, -0.2) is 17.9 Å². The highest BCUT2D eigenvalue weighted by Crippen LogP contribution is 2.28. The van der Waals surface area contributed by atoms with Gasteiger partial charge in [-0.1, -0.05) is 48.5 Å². The lowest BCUT2D eigenvalue weighted by atomic mass is 9.95. The van der Waals surface area contributed by atoms with Gasteiger partial charge in [-0.05, 0) is 25.0 Å². The van der Waals surface area contributed by atoms with Crippen molar-refractivity contribution in [3.8, 4) is 0 Å². The number of amides is 1. The monoisotopic (exact) mass is 343 g/mol. The number of rotatable bonds is 4. The molecule has 1 N–H and O–H groups in total. The molecule has 2 rings (SSSR count). The molecule has 22 heavy (non-hydrogen) atoms. The van der Waals surface area contributed by atoms with E-state index in [1.807, 2.05) is 0 Å². The first-order valence-corrected chi connectivity index (χ1v) is 8.15. The van der Waals surface area contributed by atoms with E-state index in [1.165, 1.54) is 13.3 Å². The first kappa shape index (κ1) is 17.1. The van der Waals surface area contributed by atoms with Gasteiger partial charge in [0.15, 0.2) is 0 Å². The van der Waals surface area contributed by atoms with Crippen molar-refractivity contribution in [2.24, 2.45) is 0 Å². The van der Waals surface area contributed by atoms with Crippen molar-refractivity contribution in [1.82, 2.24) is 5.32 Å². The van der Waals surface area contributed by atoms with Crippen molar-refractivity contribution in [3.05, 3.63) is 33.8 Å². The number of halogens is 2. The summed E-state index contributed by atoms with van der Waals surface area (Å²) in [4.78, 5) is 23.8.